The van der Waals surface area contributed by atoms with Crippen LogP contribution in [0.2, 0.25) is 0 Å². The molecular formula is C27H35N3O4S2. The van der Waals surface area contributed by atoms with Crippen LogP contribution in [0.15, 0.2) is 63.6 Å². The molecule has 1 aliphatic heterocycles. The fourth-order valence-corrected chi connectivity index (χ4v) is 5.65. The minimum absolute atomic E-state index is 0.00631. The molecule has 1 atom stereocenters. The zero-order valence-corrected chi connectivity index (χ0v) is 22.6. The first kappa shape index (κ1) is 27.9. The summed E-state index contributed by atoms with van der Waals surface area (Å²) in [5.41, 5.74) is 1.69. The van der Waals surface area contributed by atoms with Crippen LogP contribution in [0.4, 0.5) is 0 Å². The van der Waals surface area contributed by atoms with Gasteiger partial charge in [0.2, 0.25) is 5.91 Å². The third kappa shape index (κ3) is 9.09. The van der Waals surface area contributed by atoms with Crippen molar-refractivity contribution in [1.29, 1.82) is 0 Å². The maximum atomic E-state index is 12.4. The van der Waals surface area contributed by atoms with Gasteiger partial charge in [-0.2, -0.15) is 13.5 Å². The molecule has 3 rings (SSSR count). The largest absolute Gasteiger partial charge is 0.379 e. The maximum Gasteiger partial charge on any atom is 0.339 e. The Labute approximate surface area is 219 Å². The van der Waals surface area contributed by atoms with E-state index in [1.54, 1.807) is 42.6 Å². The van der Waals surface area contributed by atoms with Gasteiger partial charge in [-0.3, -0.25) is 4.79 Å². The second-order valence-corrected chi connectivity index (χ2v) is 11.7. The summed E-state index contributed by atoms with van der Waals surface area (Å²) in [6.07, 6.45) is 12.3. The van der Waals surface area contributed by atoms with Gasteiger partial charge < -0.3 is 9.50 Å². The van der Waals surface area contributed by atoms with Gasteiger partial charge in [-0.1, -0.05) is 87.7 Å². The van der Waals surface area contributed by atoms with Crippen molar-refractivity contribution >= 4 is 39.2 Å². The number of hydrogen-bond donors (Lipinski definition) is 1. The number of amides is 1. The Morgan fingerprint density at radius 2 is 1.58 bits per heavy atom. The number of carbonyl (C=O) groups excluding carboxylic acids is 1. The van der Waals surface area contributed by atoms with E-state index in [2.05, 4.69) is 22.4 Å². The van der Waals surface area contributed by atoms with Crippen LogP contribution in [0.5, 0.6) is 5.75 Å². The standard InChI is InChI=1S/C27H35N3O4S2/c1-3-4-5-6-7-8-9-10-11-25-26(31)29-27(35-25)30-28-20-22-14-16-23(17-15-22)34-36(32,33)24-18-12-21(2)13-19-24/h12-20,25H,3-11H2,1-2H3,(H,29,30,31)/b28-20-/t25-/m0/s1. The van der Waals surface area contributed by atoms with E-state index in [-0.39, 0.29) is 21.8 Å². The average molecular weight is 530 g/mol. The predicted octanol–water partition coefficient (Wildman–Crippen LogP) is 6.22. The second kappa shape index (κ2) is 14.2. The molecule has 2 aromatic carbocycles. The molecule has 1 amide bonds. The van der Waals surface area contributed by atoms with Crippen molar-refractivity contribution in [1.82, 2.24) is 5.32 Å². The molecule has 0 aromatic heterocycles. The van der Waals surface area contributed by atoms with E-state index in [4.69, 9.17) is 4.18 Å². The van der Waals surface area contributed by atoms with Crippen molar-refractivity contribution < 1.29 is 17.4 Å². The number of unbranched alkanes of at least 4 members (excludes halogenated alkanes) is 7. The number of nitrogens with one attached hydrogen (secondary N) is 1. The van der Waals surface area contributed by atoms with Gasteiger partial charge in [-0.15, -0.1) is 5.10 Å². The molecule has 1 aliphatic rings. The number of thioether (sulfide) groups is 1. The van der Waals surface area contributed by atoms with Gasteiger partial charge in [0.1, 0.15) is 10.6 Å². The summed E-state index contributed by atoms with van der Waals surface area (Å²) in [6.45, 7) is 4.11. The molecule has 7 nitrogen and oxygen atoms in total. The van der Waals surface area contributed by atoms with E-state index in [0.29, 0.717) is 5.17 Å². The van der Waals surface area contributed by atoms with Crippen LogP contribution in [-0.4, -0.2) is 31.0 Å². The summed E-state index contributed by atoms with van der Waals surface area (Å²) >= 11 is 1.43. The van der Waals surface area contributed by atoms with Gasteiger partial charge in [0, 0.05) is 0 Å². The Morgan fingerprint density at radius 1 is 0.944 bits per heavy atom. The molecule has 1 fully saturated rings. The summed E-state index contributed by atoms with van der Waals surface area (Å²) in [7, 11) is -3.90. The molecule has 194 valence electrons. The van der Waals surface area contributed by atoms with Gasteiger partial charge in [-0.05, 0) is 55.3 Å². The fourth-order valence-electron chi connectivity index (χ4n) is 3.74. The van der Waals surface area contributed by atoms with Crippen molar-refractivity contribution in [2.45, 2.75) is 81.8 Å². The first-order valence-corrected chi connectivity index (χ1v) is 14.9. The topological polar surface area (TPSA) is 97.2 Å². The van der Waals surface area contributed by atoms with Crippen molar-refractivity contribution in [2.24, 2.45) is 10.2 Å². The third-order valence-electron chi connectivity index (χ3n) is 5.85. The highest BCUT2D eigenvalue weighted by Crippen LogP contribution is 2.25. The minimum atomic E-state index is -3.90. The van der Waals surface area contributed by atoms with E-state index < -0.39 is 10.1 Å². The lowest BCUT2D eigenvalue weighted by Crippen LogP contribution is -2.24. The van der Waals surface area contributed by atoms with Crippen LogP contribution >= 0.6 is 11.8 Å². The molecule has 0 saturated carbocycles. The lowest BCUT2D eigenvalue weighted by molar-refractivity contribution is -0.118. The zero-order chi connectivity index (χ0) is 25.8. The van der Waals surface area contributed by atoms with E-state index >= 15 is 0 Å². The first-order valence-electron chi connectivity index (χ1n) is 12.6. The highest BCUT2D eigenvalue weighted by molar-refractivity contribution is 8.15. The molecule has 2 aromatic rings. The smallest absolute Gasteiger partial charge is 0.339 e. The van der Waals surface area contributed by atoms with Gasteiger partial charge >= 0.3 is 10.1 Å². The number of hydrogen-bond acceptors (Lipinski definition) is 7. The molecule has 0 unspecified atom stereocenters. The van der Waals surface area contributed by atoms with Crippen LogP contribution in [0, 0.1) is 6.92 Å². The SMILES string of the molecule is CCCCCCCCCC[C@@H]1S/C(=N\N=C/c2ccc(OS(=O)(=O)c3ccc(C)cc3)cc2)NC1=O. The number of rotatable bonds is 14. The Kier molecular flexibility index (Phi) is 11.0. The third-order valence-corrected chi connectivity index (χ3v) is 8.25. The lowest BCUT2D eigenvalue weighted by atomic mass is 10.1. The van der Waals surface area contributed by atoms with Crippen LogP contribution in [-0.2, 0) is 14.9 Å². The summed E-state index contributed by atoms with van der Waals surface area (Å²) in [6, 6.07) is 13.0. The summed E-state index contributed by atoms with van der Waals surface area (Å²) < 4.78 is 30.0. The highest BCUT2D eigenvalue weighted by Gasteiger charge is 2.29. The number of aryl methyl sites for hydroxylation is 1. The normalized spacial score (nSPS) is 17.1. The molecule has 0 bridgehead atoms. The van der Waals surface area contributed by atoms with Crippen molar-refractivity contribution in [3.63, 3.8) is 0 Å². The molecule has 1 saturated heterocycles. The van der Waals surface area contributed by atoms with E-state index in [1.807, 2.05) is 6.92 Å². The van der Waals surface area contributed by atoms with Crippen LogP contribution in [0.25, 0.3) is 0 Å². The van der Waals surface area contributed by atoms with Gasteiger partial charge in [0.25, 0.3) is 0 Å². The van der Waals surface area contributed by atoms with E-state index in [9.17, 15) is 13.2 Å². The average Bonchev–Trinajstić information content (AvgIpc) is 3.21. The highest BCUT2D eigenvalue weighted by atomic mass is 32.2. The van der Waals surface area contributed by atoms with Crippen molar-refractivity contribution in [3.05, 3.63) is 59.7 Å². The second-order valence-electron chi connectivity index (χ2n) is 8.93. The van der Waals surface area contributed by atoms with Crippen molar-refractivity contribution in [2.75, 3.05) is 0 Å². The Bertz CT molecular complexity index is 1140. The molecule has 0 aliphatic carbocycles. The summed E-state index contributed by atoms with van der Waals surface area (Å²) in [5, 5.41) is 11.4. The molecule has 9 heteroatoms. The maximum absolute atomic E-state index is 12.4. The monoisotopic (exact) mass is 529 g/mol. The molecule has 1 N–H and O–H groups in total. The van der Waals surface area contributed by atoms with Gasteiger partial charge in [-0.25, -0.2) is 0 Å². The van der Waals surface area contributed by atoms with E-state index in [1.165, 1.54) is 62.4 Å². The van der Waals surface area contributed by atoms with Crippen LogP contribution < -0.4 is 9.50 Å². The van der Waals surface area contributed by atoms with Gasteiger partial charge in [0.15, 0.2) is 5.17 Å². The van der Waals surface area contributed by atoms with Crippen LogP contribution in [0.3, 0.4) is 0 Å². The molecule has 36 heavy (non-hydrogen) atoms. The van der Waals surface area contributed by atoms with Gasteiger partial charge in [0.05, 0.1) is 11.5 Å². The molecular weight excluding hydrogens is 494 g/mol. The summed E-state index contributed by atoms with van der Waals surface area (Å²) in [5.74, 6) is 0.203. The minimum Gasteiger partial charge on any atom is -0.379 e. The quantitative estimate of drug-likeness (QED) is 0.136. The number of benzene rings is 2. The summed E-state index contributed by atoms with van der Waals surface area (Å²) in [4.78, 5) is 12.3. The number of carbonyl (C=O) groups is 1. The zero-order valence-electron chi connectivity index (χ0n) is 21.0. The first-order chi connectivity index (χ1) is 17.4. The number of nitrogens with zero attached hydrogens (tertiary/aromatic N) is 2. The Morgan fingerprint density at radius 3 is 2.25 bits per heavy atom. The molecule has 1 heterocycles. The predicted molar refractivity (Wildman–Crippen MR) is 147 cm³/mol. The number of amidine groups is 1. The van der Waals surface area contributed by atoms with Crippen LogP contribution in [0.1, 0.15) is 75.8 Å². The Hall–Kier alpha value is -2.65. The molecule has 0 spiro atoms. The molecule has 0 radical (unpaired) electrons. The lowest BCUT2D eigenvalue weighted by Gasteiger charge is -2.07. The Balaban J connectivity index is 1.43. The van der Waals surface area contributed by atoms with Crippen molar-refractivity contribution in [3.8, 4) is 5.75 Å². The van der Waals surface area contributed by atoms with E-state index in [0.717, 1.165) is 30.4 Å². The fraction of sp³-hybridized carbons (Fsp3) is 0.444.